The molecule has 1 unspecified atom stereocenters. The summed E-state index contributed by atoms with van der Waals surface area (Å²) in [5, 5.41) is 18.6. The third-order valence-electron chi connectivity index (χ3n) is 3.03. The molecule has 2 aromatic carbocycles. The molecule has 0 saturated heterocycles. The Balaban J connectivity index is 2.06. The van der Waals surface area contributed by atoms with E-state index in [1.54, 1.807) is 12.1 Å². The lowest BCUT2D eigenvalue weighted by Gasteiger charge is -2.11. The maximum Gasteiger partial charge on any atom is 0.320 e. The lowest BCUT2D eigenvalue weighted by atomic mass is 10.1. The first-order valence-electron chi connectivity index (χ1n) is 6.53. The number of hydrogen-bond acceptors (Lipinski definition) is 4. The van der Waals surface area contributed by atoms with Gasteiger partial charge in [0.1, 0.15) is 12.6 Å². The molecule has 0 aliphatic rings. The number of aliphatic carboxylic acids is 1. The highest BCUT2D eigenvalue weighted by Gasteiger charge is 2.13. The van der Waals surface area contributed by atoms with Gasteiger partial charge in [0.15, 0.2) is 11.5 Å². The predicted octanol–water partition coefficient (Wildman–Crippen LogP) is 1.93. The van der Waals surface area contributed by atoms with Crippen molar-refractivity contribution in [2.75, 3.05) is 0 Å². The fourth-order valence-electron chi connectivity index (χ4n) is 1.88. The summed E-state index contributed by atoms with van der Waals surface area (Å²) >= 11 is 0. The zero-order valence-electron chi connectivity index (χ0n) is 11.4. The number of phenols is 1. The third-order valence-corrected chi connectivity index (χ3v) is 3.03. The lowest BCUT2D eigenvalue weighted by molar-refractivity contribution is -0.138. The lowest BCUT2D eigenvalue weighted by Crippen LogP contribution is -2.32. The molecule has 5 nitrogen and oxygen atoms in total. The summed E-state index contributed by atoms with van der Waals surface area (Å²) < 4.78 is 5.57. The van der Waals surface area contributed by atoms with Gasteiger partial charge in [-0.1, -0.05) is 36.4 Å². The van der Waals surface area contributed by atoms with Crippen molar-refractivity contribution >= 4 is 5.97 Å². The van der Waals surface area contributed by atoms with Crippen LogP contribution in [0.2, 0.25) is 0 Å². The molecule has 0 heterocycles. The minimum atomic E-state index is -1.06. The fraction of sp³-hybridized carbons (Fsp3) is 0.188. The number of aromatic hydroxyl groups is 1. The maximum atomic E-state index is 10.8. The average Bonchev–Trinajstić information content (AvgIpc) is 2.48. The Hall–Kier alpha value is -2.53. The van der Waals surface area contributed by atoms with E-state index in [1.807, 2.05) is 30.3 Å². The molecule has 0 aliphatic heterocycles. The van der Waals surface area contributed by atoms with Crippen molar-refractivity contribution in [3.8, 4) is 11.5 Å². The number of carboxylic acids is 1. The Bertz CT molecular complexity index is 613. The Morgan fingerprint density at radius 3 is 2.52 bits per heavy atom. The molecule has 0 bridgehead atoms. The second kappa shape index (κ2) is 6.76. The predicted molar refractivity (Wildman–Crippen MR) is 78.2 cm³/mol. The van der Waals surface area contributed by atoms with Gasteiger partial charge in [-0.2, -0.15) is 0 Å². The zero-order chi connectivity index (χ0) is 15.2. The number of carbonyl (C=O) groups is 1. The van der Waals surface area contributed by atoms with E-state index in [2.05, 4.69) is 0 Å². The molecule has 2 rings (SSSR count). The fourth-order valence-corrected chi connectivity index (χ4v) is 1.88. The molecule has 110 valence electrons. The van der Waals surface area contributed by atoms with Crippen LogP contribution in [0.3, 0.4) is 0 Å². The van der Waals surface area contributed by atoms with Crippen LogP contribution in [-0.2, 0) is 17.8 Å². The van der Waals surface area contributed by atoms with E-state index < -0.39 is 12.0 Å². The largest absolute Gasteiger partial charge is 0.504 e. The molecule has 21 heavy (non-hydrogen) atoms. The summed E-state index contributed by atoms with van der Waals surface area (Å²) in [4.78, 5) is 10.8. The van der Waals surface area contributed by atoms with Gasteiger partial charge in [-0.25, -0.2) is 0 Å². The van der Waals surface area contributed by atoms with Crippen LogP contribution in [0.5, 0.6) is 11.5 Å². The van der Waals surface area contributed by atoms with Crippen LogP contribution in [0.1, 0.15) is 11.1 Å². The Morgan fingerprint density at radius 1 is 1.14 bits per heavy atom. The number of nitrogens with two attached hydrogens (primary N) is 1. The van der Waals surface area contributed by atoms with E-state index >= 15 is 0 Å². The van der Waals surface area contributed by atoms with Crippen LogP contribution < -0.4 is 10.5 Å². The van der Waals surface area contributed by atoms with Crippen molar-refractivity contribution in [3.63, 3.8) is 0 Å². The first-order chi connectivity index (χ1) is 10.1. The smallest absolute Gasteiger partial charge is 0.320 e. The summed E-state index contributed by atoms with van der Waals surface area (Å²) in [6.45, 7) is 0.322. The van der Waals surface area contributed by atoms with E-state index in [0.29, 0.717) is 17.9 Å². The number of benzene rings is 2. The SMILES string of the molecule is NC(Cc1ccc(O)c(OCc2ccccc2)c1)C(=O)O. The van der Waals surface area contributed by atoms with Crippen molar-refractivity contribution < 1.29 is 19.7 Å². The van der Waals surface area contributed by atoms with Gasteiger partial charge >= 0.3 is 5.97 Å². The van der Waals surface area contributed by atoms with E-state index in [1.165, 1.54) is 6.07 Å². The normalized spacial score (nSPS) is 11.9. The summed E-state index contributed by atoms with van der Waals surface area (Å²) in [6.07, 6.45) is 0.178. The molecular weight excluding hydrogens is 270 g/mol. The summed E-state index contributed by atoms with van der Waals surface area (Å²) in [5.74, 6) is -0.734. The van der Waals surface area contributed by atoms with Gasteiger partial charge < -0.3 is 20.7 Å². The Morgan fingerprint density at radius 2 is 1.86 bits per heavy atom. The third kappa shape index (κ3) is 4.22. The van der Waals surface area contributed by atoms with E-state index in [9.17, 15) is 9.90 Å². The van der Waals surface area contributed by atoms with Gasteiger partial charge in [0.2, 0.25) is 0 Å². The number of ether oxygens (including phenoxy) is 1. The number of phenolic OH excluding ortho intramolecular Hbond substituents is 1. The topological polar surface area (TPSA) is 92.8 Å². The highest BCUT2D eigenvalue weighted by molar-refractivity contribution is 5.73. The number of carboxylic acid groups (broad SMARTS) is 1. The molecule has 0 aromatic heterocycles. The van der Waals surface area contributed by atoms with Crippen molar-refractivity contribution in [1.29, 1.82) is 0 Å². The quantitative estimate of drug-likeness (QED) is 0.755. The second-order valence-corrected chi connectivity index (χ2v) is 4.73. The standard InChI is InChI=1S/C16H17NO4/c17-13(16(19)20)8-12-6-7-14(18)15(9-12)21-10-11-4-2-1-3-5-11/h1-7,9,13,18H,8,10,17H2,(H,19,20). The van der Waals surface area contributed by atoms with Gasteiger partial charge in [0.05, 0.1) is 0 Å². The summed E-state index contributed by atoms with van der Waals surface area (Å²) in [7, 11) is 0. The van der Waals surface area contributed by atoms with E-state index in [-0.39, 0.29) is 12.2 Å². The van der Waals surface area contributed by atoms with Gasteiger partial charge in [-0.15, -0.1) is 0 Å². The minimum Gasteiger partial charge on any atom is -0.504 e. The van der Waals surface area contributed by atoms with Gasteiger partial charge in [0.25, 0.3) is 0 Å². The molecule has 0 saturated carbocycles. The molecule has 0 amide bonds. The van der Waals surface area contributed by atoms with Crippen molar-refractivity contribution in [3.05, 3.63) is 59.7 Å². The Labute approximate surface area is 122 Å². The highest BCUT2D eigenvalue weighted by atomic mass is 16.5. The van der Waals surface area contributed by atoms with Crippen LogP contribution in [0.4, 0.5) is 0 Å². The molecule has 2 aromatic rings. The van der Waals surface area contributed by atoms with Crippen LogP contribution in [0.15, 0.2) is 48.5 Å². The minimum absolute atomic E-state index is 0.0126. The average molecular weight is 287 g/mol. The van der Waals surface area contributed by atoms with E-state index in [4.69, 9.17) is 15.6 Å². The first kappa shape index (κ1) is 14.9. The number of hydrogen-bond donors (Lipinski definition) is 3. The molecule has 0 aliphatic carbocycles. The molecule has 1 atom stereocenters. The van der Waals surface area contributed by atoms with Crippen LogP contribution >= 0.6 is 0 Å². The summed E-state index contributed by atoms with van der Waals surface area (Å²) in [5.41, 5.74) is 7.18. The van der Waals surface area contributed by atoms with Crippen LogP contribution in [0, 0.1) is 0 Å². The van der Waals surface area contributed by atoms with Gasteiger partial charge in [-0.05, 0) is 29.7 Å². The van der Waals surface area contributed by atoms with Gasteiger partial charge in [-0.3, -0.25) is 4.79 Å². The number of rotatable bonds is 6. The zero-order valence-corrected chi connectivity index (χ0v) is 11.4. The molecule has 0 spiro atoms. The first-order valence-corrected chi connectivity index (χ1v) is 6.53. The van der Waals surface area contributed by atoms with Crippen molar-refractivity contribution in [2.45, 2.75) is 19.1 Å². The Kier molecular flexibility index (Phi) is 4.79. The second-order valence-electron chi connectivity index (χ2n) is 4.73. The monoisotopic (exact) mass is 287 g/mol. The maximum absolute atomic E-state index is 10.8. The van der Waals surface area contributed by atoms with Gasteiger partial charge in [0, 0.05) is 0 Å². The van der Waals surface area contributed by atoms with Crippen LogP contribution in [0.25, 0.3) is 0 Å². The molecule has 0 radical (unpaired) electrons. The molecular formula is C16H17NO4. The molecule has 4 N–H and O–H groups in total. The molecule has 0 fully saturated rings. The van der Waals surface area contributed by atoms with Crippen LogP contribution in [-0.4, -0.2) is 22.2 Å². The van der Waals surface area contributed by atoms with Crippen molar-refractivity contribution in [1.82, 2.24) is 0 Å². The van der Waals surface area contributed by atoms with E-state index in [0.717, 1.165) is 5.56 Å². The summed E-state index contributed by atoms with van der Waals surface area (Å²) in [6, 6.07) is 13.3. The highest BCUT2D eigenvalue weighted by Crippen LogP contribution is 2.28. The molecule has 5 heteroatoms. The van der Waals surface area contributed by atoms with Crippen molar-refractivity contribution in [2.24, 2.45) is 5.73 Å².